The molecule has 1 N–H and O–H groups in total. The molecule has 0 spiro atoms. The van der Waals surface area contributed by atoms with Gasteiger partial charge in [0.2, 0.25) is 0 Å². The standard InChI is InChI=1S/C15H8ClF3N4/c16-12-6-13(21-9-4-10(17)14(19)11(18)5-9)23-15(22-12)8-2-1-3-20-7-8/h1-7H,(H,21,22,23). The molecule has 0 aliphatic carbocycles. The van der Waals surface area contributed by atoms with Crippen molar-refractivity contribution in [1.29, 1.82) is 0 Å². The number of nitrogens with zero attached hydrogens (tertiary/aromatic N) is 3. The molecule has 1 aromatic carbocycles. The van der Waals surface area contributed by atoms with Crippen LogP contribution in [-0.2, 0) is 0 Å². The quantitative estimate of drug-likeness (QED) is 0.570. The molecule has 0 fully saturated rings. The summed E-state index contributed by atoms with van der Waals surface area (Å²) in [5.41, 5.74) is 0.614. The van der Waals surface area contributed by atoms with Crippen molar-refractivity contribution in [3.8, 4) is 11.4 Å². The van der Waals surface area contributed by atoms with Crippen molar-refractivity contribution in [2.24, 2.45) is 0 Å². The first-order valence-electron chi connectivity index (χ1n) is 6.39. The second kappa shape index (κ2) is 6.21. The van der Waals surface area contributed by atoms with E-state index in [1.54, 1.807) is 24.5 Å². The molecule has 0 radical (unpaired) electrons. The lowest BCUT2D eigenvalue weighted by Gasteiger charge is -2.09. The van der Waals surface area contributed by atoms with Crippen LogP contribution in [0.3, 0.4) is 0 Å². The van der Waals surface area contributed by atoms with E-state index >= 15 is 0 Å². The van der Waals surface area contributed by atoms with Crippen LogP contribution in [0.1, 0.15) is 0 Å². The maximum atomic E-state index is 13.2. The third-order valence-corrected chi connectivity index (χ3v) is 3.06. The third-order valence-electron chi connectivity index (χ3n) is 2.87. The van der Waals surface area contributed by atoms with Gasteiger partial charge in [0.25, 0.3) is 0 Å². The van der Waals surface area contributed by atoms with Crippen molar-refractivity contribution in [1.82, 2.24) is 15.0 Å². The summed E-state index contributed by atoms with van der Waals surface area (Å²) in [7, 11) is 0. The number of hydrogen-bond acceptors (Lipinski definition) is 4. The molecule has 3 rings (SSSR count). The van der Waals surface area contributed by atoms with Gasteiger partial charge in [-0.3, -0.25) is 4.98 Å². The van der Waals surface area contributed by atoms with Crippen molar-refractivity contribution >= 4 is 23.1 Å². The second-order valence-electron chi connectivity index (χ2n) is 4.52. The molecule has 0 bridgehead atoms. The highest BCUT2D eigenvalue weighted by atomic mass is 35.5. The molecule has 0 saturated carbocycles. The number of aromatic nitrogens is 3. The lowest BCUT2D eigenvalue weighted by Crippen LogP contribution is -2.00. The van der Waals surface area contributed by atoms with E-state index in [-0.39, 0.29) is 22.5 Å². The Morgan fingerprint density at radius 2 is 1.74 bits per heavy atom. The fourth-order valence-corrected chi connectivity index (χ4v) is 2.06. The fraction of sp³-hybridized carbons (Fsp3) is 0. The van der Waals surface area contributed by atoms with Gasteiger partial charge in [0.05, 0.1) is 0 Å². The van der Waals surface area contributed by atoms with Crippen molar-refractivity contribution in [2.45, 2.75) is 0 Å². The first kappa shape index (κ1) is 15.2. The summed E-state index contributed by atoms with van der Waals surface area (Å²) in [6.45, 7) is 0. The number of halogens is 4. The van der Waals surface area contributed by atoms with Gasteiger partial charge in [-0.25, -0.2) is 23.1 Å². The lowest BCUT2D eigenvalue weighted by atomic mass is 10.2. The van der Waals surface area contributed by atoms with E-state index in [0.29, 0.717) is 5.56 Å². The van der Waals surface area contributed by atoms with Crippen LogP contribution in [0.25, 0.3) is 11.4 Å². The van der Waals surface area contributed by atoms with Crippen LogP contribution in [0.5, 0.6) is 0 Å². The van der Waals surface area contributed by atoms with E-state index in [0.717, 1.165) is 12.1 Å². The summed E-state index contributed by atoms with van der Waals surface area (Å²) in [5, 5.41) is 2.79. The molecule has 0 saturated heterocycles. The molecule has 4 nitrogen and oxygen atoms in total. The van der Waals surface area contributed by atoms with E-state index < -0.39 is 17.5 Å². The lowest BCUT2D eigenvalue weighted by molar-refractivity contribution is 0.448. The molecule has 2 heterocycles. The van der Waals surface area contributed by atoms with Crippen LogP contribution >= 0.6 is 11.6 Å². The number of nitrogens with one attached hydrogen (secondary N) is 1. The normalized spacial score (nSPS) is 10.6. The van der Waals surface area contributed by atoms with Gasteiger partial charge in [-0.15, -0.1) is 0 Å². The monoisotopic (exact) mass is 336 g/mol. The molecule has 23 heavy (non-hydrogen) atoms. The number of hydrogen-bond donors (Lipinski definition) is 1. The molecular weight excluding hydrogens is 329 g/mol. The van der Waals surface area contributed by atoms with Crippen LogP contribution in [0.15, 0.2) is 42.7 Å². The Labute approximate surface area is 134 Å². The molecule has 0 unspecified atom stereocenters. The Morgan fingerprint density at radius 1 is 1.00 bits per heavy atom. The molecule has 0 aliphatic rings. The molecule has 3 aromatic rings. The van der Waals surface area contributed by atoms with E-state index in [2.05, 4.69) is 20.3 Å². The van der Waals surface area contributed by atoms with Crippen LogP contribution in [-0.4, -0.2) is 15.0 Å². The van der Waals surface area contributed by atoms with E-state index in [1.165, 1.54) is 6.07 Å². The Hall–Kier alpha value is -2.67. The Balaban J connectivity index is 1.96. The highest BCUT2D eigenvalue weighted by Gasteiger charge is 2.12. The number of benzene rings is 1. The number of pyridine rings is 1. The largest absolute Gasteiger partial charge is 0.340 e. The second-order valence-corrected chi connectivity index (χ2v) is 4.91. The Bertz CT molecular complexity index is 836. The van der Waals surface area contributed by atoms with Crippen molar-refractivity contribution < 1.29 is 13.2 Å². The highest BCUT2D eigenvalue weighted by molar-refractivity contribution is 6.29. The van der Waals surface area contributed by atoms with Crippen LogP contribution < -0.4 is 5.32 Å². The molecule has 2 aromatic heterocycles. The van der Waals surface area contributed by atoms with Gasteiger partial charge in [-0.2, -0.15) is 0 Å². The fourth-order valence-electron chi connectivity index (χ4n) is 1.88. The maximum absolute atomic E-state index is 13.2. The van der Waals surface area contributed by atoms with E-state index in [4.69, 9.17) is 11.6 Å². The molecular formula is C15H8ClF3N4. The minimum Gasteiger partial charge on any atom is -0.340 e. The van der Waals surface area contributed by atoms with Crippen molar-refractivity contribution in [3.05, 3.63) is 65.3 Å². The number of rotatable bonds is 3. The Kier molecular flexibility index (Phi) is 4.12. The molecule has 116 valence electrons. The predicted octanol–water partition coefficient (Wildman–Crippen LogP) is 4.35. The average molecular weight is 337 g/mol. The maximum Gasteiger partial charge on any atom is 0.194 e. The summed E-state index contributed by atoms with van der Waals surface area (Å²) in [5.74, 6) is -3.65. The SMILES string of the molecule is Fc1cc(Nc2cc(Cl)nc(-c3cccnc3)n2)cc(F)c1F. The number of anilines is 2. The summed E-state index contributed by atoms with van der Waals surface area (Å²) in [4.78, 5) is 12.2. The van der Waals surface area contributed by atoms with Gasteiger partial charge in [-0.05, 0) is 12.1 Å². The van der Waals surface area contributed by atoms with E-state index in [1.807, 2.05) is 0 Å². The third kappa shape index (κ3) is 3.40. The van der Waals surface area contributed by atoms with Gasteiger partial charge in [0.15, 0.2) is 23.3 Å². The zero-order valence-electron chi connectivity index (χ0n) is 11.4. The van der Waals surface area contributed by atoms with Crippen molar-refractivity contribution in [3.63, 3.8) is 0 Å². The first-order chi connectivity index (χ1) is 11.0. The minimum absolute atomic E-state index is 0.00620. The highest BCUT2D eigenvalue weighted by Crippen LogP contribution is 2.24. The molecule has 0 amide bonds. The van der Waals surface area contributed by atoms with Crippen LogP contribution in [0.4, 0.5) is 24.7 Å². The minimum atomic E-state index is -1.53. The van der Waals surface area contributed by atoms with Gasteiger partial charge in [0.1, 0.15) is 11.0 Å². The zero-order valence-corrected chi connectivity index (χ0v) is 12.2. The van der Waals surface area contributed by atoms with Gasteiger partial charge in [0, 0.05) is 41.8 Å². The summed E-state index contributed by atoms with van der Waals surface area (Å²) >= 11 is 5.93. The predicted molar refractivity (Wildman–Crippen MR) is 79.9 cm³/mol. The summed E-state index contributed by atoms with van der Waals surface area (Å²) in [6.07, 6.45) is 3.14. The van der Waals surface area contributed by atoms with Gasteiger partial charge in [-0.1, -0.05) is 11.6 Å². The Morgan fingerprint density at radius 3 is 2.39 bits per heavy atom. The zero-order chi connectivity index (χ0) is 16.4. The summed E-state index contributed by atoms with van der Waals surface area (Å²) in [6, 6.07) is 6.45. The average Bonchev–Trinajstić information content (AvgIpc) is 2.53. The molecule has 8 heteroatoms. The molecule has 0 aliphatic heterocycles. The van der Waals surface area contributed by atoms with Crippen molar-refractivity contribution in [2.75, 3.05) is 5.32 Å². The van der Waals surface area contributed by atoms with Gasteiger partial charge < -0.3 is 5.32 Å². The van der Waals surface area contributed by atoms with Crippen LogP contribution in [0.2, 0.25) is 5.15 Å². The smallest absolute Gasteiger partial charge is 0.194 e. The topological polar surface area (TPSA) is 50.7 Å². The van der Waals surface area contributed by atoms with Gasteiger partial charge >= 0.3 is 0 Å². The van der Waals surface area contributed by atoms with E-state index in [9.17, 15) is 13.2 Å². The van der Waals surface area contributed by atoms with Crippen LogP contribution in [0, 0.1) is 17.5 Å². The first-order valence-corrected chi connectivity index (χ1v) is 6.77. The molecule has 0 atom stereocenters. The summed E-state index contributed by atoms with van der Waals surface area (Å²) < 4.78 is 39.5.